The molecule has 3 nitrogen and oxygen atoms in total. The summed E-state index contributed by atoms with van der Waals surface area (Å²) in [6.07, 6.45) is 1.00. The van der Waals surface area contributed by atoms with E-state index >= 15 is 0 Å². The van der Waals surface area contributed by atoms with Crippen LogP contribution in [0.2, 0.25) is 0 Å². The Labute approximate surface area is 149 Å². The van der Waals surface area contributed by atoms with E-state index in [0.717, 1.165) is 34.6 Å². The van der Waals surface area contributed by atoms with Crippen LogP contribution in [0.3, 0.4) is 0 Å². The van der Waals surface area contributed by atoms with E-state index in [1.165, 1.54) is 0 Å². The molecule has 1 atom stereocenters. The van der Waals surface area contributed by atoms with E-state index in [1.54, 1.807) is 11.8 Å². The average Bonchev–Trinajstić information content (AvgIpc) is 3.03. The van der Waals surface area contributed by atoms with Gasteiger partial charge in [0.2, 0.25) is 5.91 Å². The largest absolute Gasteiger partial charge is 0.380 e. The number of para-hydroxylation sites is 1. The first-order chi connectivity index (χ1) is 11.2. The van der Waals surface area contributed by atoms with Crippen molar-refractivity contribution >= 4 is 39.3 Å². The fraction of sp³-hybridized carbons (Fsp3) is 0.278. The van der Waals surface area contributed by atoms with Crippen molar-refractivity contribution < 1.29 is 4.79 Å². The zero-order valence-electron chi connectivity index (χ0n) is 12.7. The van der Waals surface area contributed by atoms with E-state index in [1.807, 2.05) is 47.4 Å². The van der Waals surface area contributed by atoms with Gasteiger partial charge in [0.25, 0.3) is 0 Å². The van der Waals surface area contributed by atoms with E-state index in [9.17, 15) is 4.79 Å². The topological polar surface area (TPSA) is 32.3 Å². The Balaban J connectivity index is 1.46. The number of benzene rings is 2. The lowest BCUT2D eigenvalue weighted by Crippen LogP contribution is -2.32. The summed E-state index contributed by atoms with van der Waals surface area (Å²) in [6.45, 7) is 1.62. The van der Waals surface area contributed by atoms with Crippen molar-refractivity contribution in [3.05, 3.63) is 59.1 Å². The number of rotatable bonds is 5. The maximum absolute atomic E-state index is 12.4. The van der Waals surface area contributed by atoms with Crippen LogP contribution in [-0.4, -0.2) is 35.7 Å². The molecular formula is C18H19BrN2OS. The Morgan fingerprint density at radius 1 is 1.17 bits per heavy atom. The summed E-state index contributed by atoms with van der Waals surface area (Å²) < 4.78 is 1.06. The van der Waals surface area contributed by atoms with E-state index < -0.39 is 0 Å². The fourth-order valence-electron chi connectivity index (χ4n) is 2.64. The number of amides is 1. The number of anilines is 1. The monoisotopic (exact) mass is 390 g/mol. The van der Waals surface area contributed by atoms with Crippen LogP contribution in [0.25, 0.3) is 0 Å². The molecule has 1 aliphatic rings. The summed E-state index contributed by atoms with van der Waals surface area (Å²) in [5.41, 5.74) is 1.12. The Morgan fingerprint density at radius 3 is 2.65 bits per heavy atom. The fourth-order valence-corrected chi connectivity index (χ4v) is 3.71. The molecule has 1 unspecified atom stereocenters. The van der Waals surface area contributed by atoms with Crippen molar-refractivity contribution in [1.29, 1.82) is 0 Å². The van der Waals surface area contributed by atoms with Gasteiger partial charge in [-0.15, -0.1) is 11.8 Å². The molecule has 1 N–H and O–H groups in total. The number of hydrogen-bond acceptors (Lipinski definition) is 3. The third-order valence-corrected chi connectivity index (χ3v) is 5.39. The molecule has 2 aromatic carbocycles. The van der Waals surface area contributed by atoms with Gasteiger partial charge in [-0.05, 0) is 42.8 Å². The van der Waals surface area contributed by atoms with Crippen molar-refractivity contribution in [2.45, 2.75) is 17.4 Å². The average molecular weight is 391 g/mol. The Hall–Kier alpha value is -1.46. The first kappa shape index (κ1) is 16.4. The predicted molar refractivity (Wildman–Crippen MR) is 99.9 cm³/mol. The van der Waals surface area contributed by atoms with Crippen LogP contribution in [0.15, 0.2) is 64.0 Å². The Morgan fingerprint density at radius 2 is 1.91 bits per heavy atom. The van der Waals surface area contributed by atoms with E-state index in [-0.39, 0.29) is 5.91 Å². The molecule has 0 bridgehead atoms. The second kappa shape index (κ2) is 7.88. The molecule has 1 aliphatic heterocycles. The maximum atomic E-state index is 12.4. The molecule has 23 heavy (non-hydrogen) atoms. The number of hydrogen-bond donors (Lipinski definition) is 1. The second-order valence-corrected chi connectivity index (χ2v) is 7.54. The van der Waals surface area contributed by atoms with Crippen LogP contribution < -0.4 is 5.32 Å². The van der Waals surface area contributed by atoms with Crippen molar-refractivity contribution in [1.82, 2.24) is 4.90 Å². The molecule has 1 heterocycles. The van der Waals surface area contributed by atoms with Gasteiger partial charge in [-0.25, -0.2) is 0 Å². The zero-order chi connectivity index (χ0) is 16.1. The van der Waals surface area contributed by atoms with Gasteiger partial charge in [0.15, 0.2) is 0 Å². The molecule has 120 valence electrons. The number of nitrogens with zero attached hydrogens (tertiary/aromatic N) is 1. The highest BCUT2D eigenvalue weighted by atomic mass is 79.9. The second-order valence-electron chi connectivity index (χ2n) is 5.58. The minimum absolute atomic E-state index is 0.218. The molecule has 0 aromatic heterocycles. The Kier molecular flexibility index (Phi) is 5.62. The van der Waals surface area contributed by atoms with E-state index in [0.29, 0.717) is 11.8 Å². The minimum Gasteiger partial charge on any atom is -0.380 e. The molecule has 1 fully saturated rings. The highest BCUT2D eigenvalue weighted by Gasteiger charge is 2.25. The SMILES string of the molecule is O=C(CSc1ccc(Br)cc1)N1CCC(Nc2ccccc2)C1. The van der Waals surface area contributed by atoms with Gasteiger partial charge in [-0.3, -0.25) is 4.79 Å². The number of thioether (sulfide) groups is 1. The van der Waals surface area contributed by atoms with Crippen molar-refractivity contribution in [3.63, 3.8) is 0 Å². The first-order valence-corrected chi connectivity index (χ1v) is 9.46. The molecule has 0 aliphatic carbocycles. The summed E-state index contributed by atoms with van der Waals surface area (Å²) >= 11 is 5.02. The van der Waals surface area contributed by atoms with Crippen LogP contribution in [0, 0.1) is 0 Å². The molecule has 0 spiro atoms. The van der Waals surface area contributed by atoms with Crippen LogP contribution >= 0.6 is 27.7 Å². The third kappa shape index (κ3) is 4.75. The summed E-state index contributed by atoms with van der Waals surface area (Å²) in [4.78, 5) is 15.4. The van der Waals surface area contributed by atoms with Gasteiger partial charge in [-0.1, -0.05) is 34.1 Å². The smallest absolute Gasteiger partial charge is 0.233 e. The molecule has 0 radical (unpaired) electrons. The highest BCUT2D eigenvalue weighted by molar-refractivity contribution is 9.10. The zero-order valence-corrected chi connectivity index (χ0v) is 15.1. The Bertz CT molecular complexity index is 648. The summed E-state index contributed by atoms with van der Waals surface area (Å²) in [5, 5.41) is 3.50. The number of likely N-dealkylation sites (tertiary alicyclic amines) is 1. The van der Waals surface area contributed by atoms with Crippen LogP contribution in [0.5, 0.6) is 0 Å². The van der Waals surface area contributed by atoms with Gasteiger partial charge in [0.1, 0.15) is 0 Å². The van der Waals surface area contributed by atoms with E-state index in [2.05, 4.69) is 33.4 Å². The van der Waals surface area contributed by atoms with Gasteiger partial charge >= 0.3 is 0 Å². The number of carbonyl (C=O) groups excluding carboxylic acids is 1. The lowest BCUT2D eigenvalue weighted by atomic mass is 10.2. The predicted octanol–water partition coefficient (Wildman–Crippen LogP) is 4.25. The number of halogens is 1. The molecule has 1 saturated heterocycles. The molecule has 5 heteroatoms. The first-order valence-electron chi connectivity index (χ1n) is 7.68. The van der Waals surface area contributed by atoms with Crippen molar-refractivity contribution in [2.75, 3.05) is 24.2 Å². The molecular weight excluding hydrogens is 372 g/mol. The number of carbonyl (C=O) groups is 1. The van der Waals surface area contributed by atoms with Crippen molar-refractivity contribution in [2.24, 2.45) is 0 Å². The van der Waals surface area contributed by atoms with Crippen molar-refractivity contribution in [3.8, 4) is 0 Å². The minimum atomic E-state index is 0.218. The summed E-state index contributed by atoms with van der Waals surface area (Å²) in [7, 11) is 0. The molecule has 0 saturated carbocycles. The maximum Gasteiger partial charge on any atom is 0.233 e. The lowest BCUT2D eigenvalue weighted by Gasteiger charge is -2.17. The standard InChI is InChI=1S/C18H19BrN2OS/c19-14-6-8-17(9-7-14)23-13-18(22)21-11-10-16(12-21)20-15-4-2-1-3-5-15/h1-9,16,20H,10-13H2. The quantitative estimate of drug-likeness (QED) is 0.774. The van der Waals surface area contributed by atoms with Crippen LogP contribution in [0.1, 0.15) is 6.42 Å². The molecule has 2 aromatic rings. The van der Waals surface area contributed by atoms with Gasteiger partial charge in [0, 0.05) is 34.2 Å². The number of nitrogens with one attached hydrogen (secondary N) is 1. The lowest BCUT2D eigenvalue weighted by molar-refractivity contribution is -0.127. The van der Waals surface area contributed by atoms with Crippen LogP contribution in [0.4, 0.5) is 5.69 Å². The molecule has 1 amide bonds. The molecule has 3 rings (SSSR count). The summed E-state index contributed by atoms with van der Waals surface area (Å²) in [5.74, 6) is 0.718. The van der Waals surface area contributed by atoms with E-state index in [4.69, 9.17) is 0 Å². The van der Waals surface area contributed by atoms with Gasteiger partial charge < -0.3 is 10.2 Å². The normalized spacial score (nSPS) is 17.3. The van der Waals surface area contributed by atoms with Gasteiger partial charge in [0.05, 0.1) is 5.75 Å². The van der Waals surface area contributed by atoms with Crippen LogP contribution in [-0.2, 0) is 4.79 Å². The third-order valence-electron chi connectivity index (χ3n) is 3.86. The van der Waals surface area contributed by atoms with Gasteiger partial charge in [-0.2, -0.15) is 0 Å². The highest BCUT2D eigenvalue weighted by Crippen LogP contribution is 2.22. The summed E-state index contributed by atoms with van der Waals surface area (Å²) in [6, 6.07) is 18.6.